The van der Waals surface area contributed by atoms with Crippen LogP contribution in [-0.4, -0.2) is 29.3 Å². The number of rotatable bonds is 7. The van der Waals surface area contributed by atoms with E-state index in [0.717, 1.165) is 22.3 Å². The monoisotopic (exact) mass is 386 g/mol. The average molecular weight is 387 g/mol. The highest BCUT2D eigenvalue weighted by Gasteiger charge is 2.26. The zero-order chi connectivity index (χ0) is 20.0. The van der Waals surface area contributed by atoms with Crippen LogP contribution < -0.4 is 5.32 Å². The van der Waals surface area contributed by atoms with Crippen LogP contribution in [0.1, 0.15) is 36.1 Å². The summed E-state index contributed by atoms with van der Waals surface area (Å²) in [5.41, 5.74) is 4.07. The maximum atomic E-state index is 13.1. The summed E-state index contributed by atoms with van der Waals surface area (Å²) in [6.07, 6.45) is 0.262. The van der Waals surface area contributed by atoms with E-state index < -0.39 is 6.04 Å². The van der Waals surface area contributed by atoms with Crippen molar-refractivity contribution in [3.8, 4) is 0 Å². The Morgan fingerprint density at radius 2 is 1.89 bits per heavy atom. The number of hydrogen-bond donors (Lipinski definition) is 1. The first kappa shape index (κ1) is 21.0. The molecule has 0 spiro atoms. The van der Waals surface area contributed by atoms with E-state index in [1.165, 1.54) is 0 Å². The molecule has 0 saturated carbocycles. The van der Waals surface area contributed by atoms with Gasteiger partial charge in [-0.3, -0.25) is 9.59 Å². The molecule has 2 amide bonds. The molecule has 0 aliphatic rings. The number of hydrogen-bond acceptors (Lipinski definition) is 2. The minimum Gasteiger partial charge on any atom is -0.355 e. The smallest absolute Gasteiger partial charge is 0.242 e. The summed E-state index contributed by atoms with van der Waals surface area (Å²) in [5.74, 6) is -0.240. The van der Waals surface area contributed by atoms with E-state index in [1.54, 1.807) is 17.9 Å². The molecule has 0 fully saturated rings. The molecule has 0 radical (unpaired) electrons. The summed E-state index contributed by atoms with van der Waals surface area (Å²) in [4.78, 5) is 27.1. The van der Waals surface area contributed by atoms with Crippen molar-refractivity contribution in [1.82, 2.24) is 10.2 Å². The maximum Gasteiger partial charge on any atom is 0.242 e. The van der Waals surface area contributed by atoms with Crippen molar-refractivity contribution in [1.29, 1.82) is 0 Å². The van der Waals surface area contributed by atoms with E-state index in [4.69, 9.17) is 11.6 Å². The first-order chi connectivity index (χ1) is 12.8. The van der Waals surface area contributed by atoms with Gasteiger partial charge in [-0.15, -0.1) is 0 Å². The number of likely N-dealkylation sites (N-methyl/N-ethyl adjacent to an activating group) is 1. The van der Waals surface area contributed by atoms with Crippen molar-refractivity contribution in [2.75, 3.05) is 6.54 Å². The SMILES string of the molecule is CCNC(=O)[C@@H](C)N(Cc1cccc(Cl)c1)C(=O)Cc1cc(C)ccc1C. The first-order valence-electron chi connectivity index (χ1n) is 9.19. The Balaban J connectivity index is 2.28. The molecule has 2 aromatic rings. The average Bonchev–Trinajstić information content (AvgIpc) is 2.62. The lowest BCUT2D eigenvalue weighted by Crippen LogP contribution is -2.48. The predicted molar refractivity (Wildman–Crippen MR) is 110 cm³/mol. The number of amides is 2. The Morgan fingerprint density at radius 3 is 2.56 bits per heavy atom. The third-order valence-corrected chi connectivity index (χ3v) is 4.84. The summed E-state index contributed by atoms with van der Waals surface area (Å²) in [5, 5.41) is 3.41. The van der Waals surface area contributed by atoms with Crippen LogP contribution in [0.3, 0.4) is 0 Å². The standard InChI is InChI=1S/C22H27ClN2O2/c1-5-24-22(27)17(4)25(14-18-7-6-8-20(23)12-18)21(26)13-19-11-15(2)9-10-16(19)3/h6-12,17H,5,13-14H2,1-4H3,(H,24,27)/t17-/m1/s1. The van der Waals surface area contributed by atoms with Crippen molar-refractivity contribution >= 4 is 23.4 Å². The van der Waals surface area contributed by atoms with Gasteiger partial charge in [0.2, 0.25) is 11.8 Å². The van der Waals surface area contributed by atoms with E-state index in [1.807, 2.05) is 57.2 Å². The molecule has 5 heteroatoms. The fraction of sp³-hybridized carbons (Fsp3) is 0.364. The minimum absolute atomic E-state index is 0.0811. The number of nitrogens with one attached hydrogen (secondary N) is 1. The second-order valence-electron chi connectivity index (χ2n) is 6.83. The summed E-state index contributed by atoms with van der Waals surface area (Å²) in [7, 11) is 0. The van der Waals surface area contributed by atoms with Gasteiger partial charge in [0, 0.05) is 18.1 Å². The molecule has 2 aromatic carbocycles. The lowest BCUT2D eigenvalue weighted by molar-refractivity contribution is -0.140. The lowest BCUT2D eigenvalue weighted by Gasteiger charge is -2.29. The second-order valence-corrected chi connectivity index (χ2v) is 7.27. The Morgan fingerprint density at radius 1 is 1.15 bits per heavy atom. The second kappa shape index (κ2) is 9.56. The third kappa shape index (κ3) is 5.83. The van der Waals surface area contributed by atoms with Crippen LogP contribution in [0.5, 0.6) is 0 Å². The summed E-state index contributed by atoms with van der Waals surface area (Å²) < 4.78 is 0. The van der Waals surface area contributed by atoms with Gasteiger partial charge >= 0.3 is 0 Å². The topological polar surface area (TPSA) is 49.4 Å². The largest absolute Gasteiger partial charge is 0.355 e. The fourth-order valence-electron chi connectivity index (χ4n) is 2.99. The van der Waals surface area contributed by atoms with Crippen molar-refractivity contribution in [3.63, 3.8) is 0 Å². The maximum absolute atomic E-state index is 13.1. The molecule has 0 saturated heterocycles. The molecule has 1 N–H and O–H groups in total. The normalized spacial score (nSPS) is 11.7. The van der Waals surface area contributed by atoms with Crippen molar-refractivity contribution in [3.05, 3.63) is 69.7 Å². The summed E-state index contributed by atoms with van der Waals surface area (Å²) in [6, 6.07) is 12.9. The van der Waals surface area contributed by atoms with Crippen LogP contribution in [0.15, 0.2) is 42.5 Å². The number of nitrogens with zero attached hydrogens (tertiary/aromatic N) is 1. The highest BCUT2D eigenvalue weighted by Crippen LogP contribution is 2.18. The summed E-state index contributed by atoms with van der Waals surface area (Å²) >= 11 is 6.08. The molecular formula is C22H27ClN2O2. The zero-order valence-corrected chi connectivity index (χ0v) is 17.1. The van der Waals surface area contributed by atoms with Gasteiger partial charge in [0.1, 0.15) is 6.04 Å². The van der Waals surface area contributed by atoms with Gasteiger partial charge in [0.15, 0.2) is 0 Å². The Hall–Kier alpha value is -2.33. The molecule has 1 atom stereocenters. The number of aryl methyl sites for hydroxylation is 2. The predicted octanol–water partition coefficient (Wildman–Crippen LogP) is 4.05. The molecule has 27 heavy (non-hydrogen) atoms. The van der Waals surface area contributed by atoms with E-state index in [0.29, 0.717) is 18.1 Å². The first-order valence-corrected chi connectivity index (χ1v) is 9.57. The van der Waals surface area contributed by atoms with Gasteiger partial charge < -0.3 is 10.2 Å². The molecule has 0 aromatic heterocycles. The van der Waals surface area contributed by atoms with Gasteiger partial charge in [-0.25, -0.2) is 0 Å². The Kier molecular flexibility index (Phi) is 7.43. The van der Waals surface area contributed by atoms with Gasteiger partial charge in [0.05, 0.1) is 6.42 Å². The quantitative estimate of drug-likeness (QED) is 0.780. The van der Waals surface area contributed by atoms with Crippen LogP contribution in [0, 0.1) is 13.8 Å². The molecule has 0 aliphatic carbocycles. The van der Waals surface area contributed by atoms with Gasteiger partial charge in [-0.05, 0) is 56.5 Å². The number of benzene rings is 2. The van der Waals surface area contributed by atoms with Crippen LogP contribution in [0.25, 0.3) is 0 Å². The van der Waals surface area contributed by atoms with Crippen molar-refractivity contribution < 1.29 is 9.59 Å². The van der Waals surface area contributed by atoms with E-state index in [-0.39, 0.29) is 18.2 Å². The zero-order valence-electron chi connectivity index (χ0n) is 16.4. The van der Waals surface area contributed by atoms with Crippen LogP contribution in [0.4, 0.5) is 0 Å². The molecule has 0 heterocycles. The lowest BCUT2D eigenvalue weighted by atomic mass is 10.0. The van der Waals surface area contributed by atoms with E-state index in [2.05, 4.69) is 5.32 Å². The summed E-state index contributed by atoms with van der Waals surface area (Å²) in [6.45, 7) is 8.49. The van der Waals surface area contributed by atoms with Gasteiger partial charge in [-0.1, -0.05) is 47.5 Å². The van der Waals surface area contributed by atoms with Crippen LogP contribution in [-0.2, 0) is 22.6 Å². The van der Waals surface area contributed by atoms with Gasteiger partial charge in [0.25, 0.3) is 0 Å². The third-order valence-electron chi connectivity index (χ3n) is 4.61. The molecule has 2 rings (SSSR count). The molecular weight excluding hydrogens is 360 g/mol. The highest BCUT2D eigenvalue weighted by molar-refractivity contribution is 6.30. The van der Waals surface area contributed by atoms with E-state index in [9.17, 15) is 9.59 Å². The minimum atomic E-state index is -0.568. The number of carbonyl (C=O) groups excluding carboxylic acids is 2. The number of halogens is 1. The molecule has 144 valence electrons. The Bertz CT molecular complexity index is 820. The highest BCUT2D eigenvalue weighted by atomic mass is 35.5. The molecule has 4 nitrogen and oxygen atoms in total. The van der Waals surface area contributed by atoms with Crippen LogP contribution in [0.2, 0.25) is 5.02 Å². The molecule has 0 aliphatic heterocycles. The van der Waals surface area contributed by atoms with E-state index >= 15 is 0 Å². The van der Waals surface area contributed by atoms with Gasteiger partial charge in [-0.2, -0.15) is 0 Å². The fourth-order valence-corrected chi connectivity index (χ4v) is 3.20. The van der Waals surface area contributed by atoms with Crippen LogP contribution >= 0.6 is 11.6 Å². The Labute approximate surface area is 166 Å². The number of carbonyl (C=O) groups is 2. The molecule has 0 bridgehead atoms. The van der Waals surface area contributed by atoms with Crippen molar-refractivity contribution in [2.45, 2.75) is 46.7 Å². The molecule has 0 unspecified atom stereocenters. The van der Waals surface area contributed by atoms with Crippen molar-refractivity contribution in [2.24, 2.45) is 0 Å².